The Morgan fingerprint density at radius 3 is 1.48 bits per heavy atom. The molecule has 1 N–H and O–H groups in total. The third-order valence-electron chi connectivity index (χ3n) is 4.86. The first-order valence-corrected chi connectivity index (χ1v) is 10.1. The number of hydrogen-bond acceptors (Lipinski definition) is 3. The van der Waals surface area contributed by atoms with Crippen LogP contribution in [0.15, 0.2) is 46.6 Å². The molecule has 0 saturated heterocycles. The van der Waals surface area contributed by atoms with Crippen LogP contribution < -0.4 is 0 Å². The van der Waals surface area contributed by atoms with Gasteiger partial charge in [0.25, 0.3) is 0 Å². The minimum Gasteiger partial charge on any atom is -0.334 e. The van der Waals surface area contributed by atoms with E-state index in [1.807, 2.05) is 39.8 Å². The Hall–Kier alpha value is -1.51. The fourth-order valence-corrected chi connectivity index (χ4v) is 6.14. The summed E-state index contributed by atoms with van der Waals surface area (Å²) in [6.45, 7) is 10.7. The largest absolute Gasteiger partial charge is 0.334 e. The van der Waals surface area contributed by atoms with Gasteiger partial charge >= 0.3 is 7.37 Å². The maximum Gasteiger partial charge on any atom is 0.329 e. The molecule has 0 saturated carbocycles. The smallest absolute Gasteiger partial charge is 0.329 e. The molecule has 0 amide bonds. The fraction of sp³-hybridized carbons (Fsp3) is 0.500. The third kappa shape index (κ3) is 3.70. The van der Waals surface area contributed by atoms with Gasteiger partial charge < -0.3 is 4.89 Å². The molecular formula is C20H27O4P. The van der Waals surface area contributed by atoms with E-state index in [9.17, 15) is 19.0 Å². The van der Waals surface area contributed by atoms with E-state index in [2.05, 4.69) is 0 Å². The molecule has 5 heteroatoms. The van der Waals surface area contributed by atoms with Gasteiger partial charge in [-0.3, -0.25) is 14.2 Å². The third-order valence-corrected chi connectivity index (χ3v) is 6.98. The summed E-state index contributed by atoms with van der Waals surface area (Å²) in [6, 6.07) is 0. The van der Waals surface area contributed by atoms with Crippen molar-refractivity contribution in [1.82, 2.24) is 0 Å². The first kappa shape index (κ1) is 19.8. The van der Waals surface area contributed by atoms with Crippen LogP contribution in [0.3, 0.4) is 0 Å². The van der Waals surface area contributed by atoms with Crippen LogP contribution >= 0.6 is 7.37 Å². The predicted octanol–water partition coefficient (Wildman–Crippen LogP) is 4.92. The summed E-state index contributed by atoms with van der Waals surface area (Å²) >= 11 is 0. The summed E-state index contributed by atoms with van der Waals surface area (Å²) in [5.41, 5.74) is -0.332. The van der Waals surface area contributed by atoms with Crippen molar-refractivity contribution in [1.29, 1.82) is 0 Å². The molecule has 0 aromatic carbocycles. The SMILES string of the molecule is CC1=CC(C)(C(=O)P(=O)(O)C(=O)C2(C)C=C(C)C=C(C)C2)CC(C)=C1. The molecule has 2 rings (SSSR count). The minimum atomic E-state index is -4.67. The molecule has 0 aromatic rings. The lowest BCUT2D eigenvalue weighted by molar-refractivity contribution is -0.122. The highest BCUT2D eigenvalue weighted by Crippen LogP contribution is 2.57. The minimum absolute atomic E-state index is 0.353. The molecule has 2 unspecified atom stereocenters. The Labute approximate surface area is 149 Å². The van der Waals surface area contributed by atoms with E-state index in [1.54, 1.807) is 26.0 Å². The molecule has 0 aromatic heterocycles. The molecule has 0 radical (unpaired) electrons. The Bertz CT molecular complexity index is 748. The summed E-state index contributed by atoms with van der Waals surface area (Å²) < 4.78 is 13.0. The van der Waals surface area contributed by atoms with Gasteiger partial charge in [-0.2, -0.15) is 0 Å². The molecule has 4 nitrogen and oxygen atoms in total. The molecule has 0 bridgehead atoms. The zero-order valence-electron chi connectivity index (χ0n) is 15.8. The van der Waals surface area contributed by atoms with Crippen molar-refractivity contribution in [2.75, 3.05) is 0 Å². The lowest BCUT2D eigenvalue weighted by Gasteiger charge is -2.34. The maximum atomic E-state index is 13.0. The second-order valence-corrected chi connectivity index (χ2v) is 10.1. The molecule has 2 aliphatic rings. The highest BCUT2D eigenvalue weighted by molar-refractivity contribution is 7.90. The average molecular weight is 362 g/mol. The van der Waals surface area contributed by atoms with Gasteiger partial charge in [0.1, 0.15) is 0 Å². The van der Waals surface area contributed by atoms with Gasteiger partial charge in [0, 0.05) is 0 Å². The topological polar surface area (TPSA) is 71.4 Å². The summed E-state index contributed by atoms with van der Waals surface area (Å²) in [6.07, 6.45) is 8.00. The van der Waals surface area contributed by atoms with E-state index in [4.69, 9.17) is 0 Å². The van der Waals surface area contributed by atoms with Crippen molar-refractivity contribution in [3.8, 4) is 0 Å². The van der Waals surface area contributed by atoms with E-state index >= 15 is 0 Å². The lowest BCUT2D eigenvalue weighted by atomic mass is 9.79. The Kier molecular flexibility index (Phi) is 5.02. The van der Waals surface area contributed by atoms with Crippen molar-refractivity contribution in [2.24, 2.45) is 10.8 Å². The van der Waals surface area contributed by atoms with E-state index in [-0.39, 0.29) is 0 Å². The lowest BCUT2D eigenvalue weighted by Crippen LogP contribution is -2.35. The number of hydrogen-bond donors (Lipinski definition) is 1. The fourth-order valence-electron chi connectivity index (χ4n) is 4.29. The second-order valence-electron chi connectivity index (χ2n) is 8.13. The van der Waals surface area contributed by atoms with Crippen LogP contribution in [0, 0.1) is 10.8 Å². The van der Waals surface area contributed by atoms with E-state index < -0.39 is 29.2 Å². The highest BCUT2D eigenvalue weighted by atomic mass is 31.2. The van der Waals surface area contributed by atoms with E-state index in [1.165, 1.54) is 0 Å². The monoisotopic (exact) mass is 362 g/mol. The second kappa shape index (κ2) is 6.34. The van der Waals surface area contributed by atoms with Crippen molar-refractivity contribution in [3.63, 3.8) is 0 Å². The zero-order chi connectivity index (χ0) is 19.2. The number of carbonyl (C=O) groups excluding carboxylic acids is 2. The zero-order valence-corrected chi connectivity index (χ0v) is 16.7. The van der Waals surface area contributed by atoms with Gasteiger partial charge in [0.05, 0.1) is 10.8 Å². The molecule has 25 heavy (non-hydrogen) atoms. The first-order valence-electron chi connectivity index (χ1n) is 8.46. The molecule has 2 aliphatic carbocycles. The summed E-state index contributed by atoms with van der Waals surface area (Å²) in [5.74, 6) is 0. The van der Waals surface area contributed by atoms with Crippen LogP contribution in [0.1, 0.15) is 54.4 Å². The van der Waals surface area contributed by atoms with Gasteiger partial charge in [-0.1, -0.05) is 46.6 Å². The van der Waals surface area contributed by atoms with Gasteiger partial charge in [-0.25, -0.2) is 0 Å². The van der Waals surface area contributed by atoms with Crippen molar-refractivity contribution < 1.29 is 19.0 Å². The summed E-state index contributed by atoms with van der Waals surface area (Å²) in [5, 5.41) is 0. The standard InChI is InChI=1S/C20H27O4P/c1-13-7-14(2)10-19(5,9-13)17(21)25(23,24)18(22)20(6)11-15(3)8-16(4)12-20/h7-9,11H,10,12H2,1-6H3,(H,23,24). The van der Waals surface area contributed by atoms with Crippen LogP contribution in [-0.4, -0.2) is 15.9 Å². The van der Waals surface area contributed by atoms with Gasteiger partial charge in [-0.15, -0.1) is 0 Å². The number of carbonyl (C=O) groups is 2. The Morgan fingerprint density at radius 2 is 1.20 bits per heavy atom. The predicted molar refractivity (Wildman–Crippen MR) is 100 cm³/mol. The average Bonchev–Trinajstić information content (AvgIpc) is 2.42. The van der Waals surface area contributed by atoms with Crippen LogP contribution in [-0.2, 0) is 14.2 Å². The summed E-state index contributed by atoms with van der Waals surface area (Å²) in [7, 11) is -4.67. The molecular weight excluding hydrogens is 335 g/mol. The molecule has 0 fully saturated rings. The van der Waals surface area contributed by atoms with Crippen molar-refractivity contribution in [3.05, 3.63) is 46.6 Å². The van der Waals surface area contributed by atoms with Crippen LogP contribution in [0.4, 0.5) is 0 Å². The van der Waals surface area contributed by atoms with Crippen LogP contribution in [0.25, 0.3) is 0 Å². The quantitative estimate of drug-likeness (QED) is 0.721. The van der Waals surface area contributed by atoms with Crippen molar-refractivity contribution >= 4 is 18.4 Å². The Morgan fingerprint density at radius 1 is 0.880 bits per heavy atom. The number of allylic oxidation sites excluding steroid dienone is 8. The van der Waals surface area contributed by atoms with E-state index in [0.29, 0.717) is 12.8 Å². The van der Waals surface area contributed by atoms with Crippen molar-refractivity contribution in [2.45, 2.75) is 54.4 Å². The molecule has 2 atom stereocenters. The highest BCUT2D eigenvalue weighted by Gasteiger charge is 2.53. The van der Waals surface area contributed by atoms with E-state index in [0.717, 1.165) is 22.3 Å². The molecule has 0 spiro atoms. The van der Waals surface area contributed by atoms with Crippen LogP contribution in [0.5, 0.6) is 0 Å². The van der Waals surface area contributed by atoms with Gasteiger partial charge in [0.2, 0.25) is 11.0 Å². The van der Waals surface area contributed by atoms with Gasteiger partial charge in [-0.05, 0) is 54.4 Å². The molecule has 0 heterocycles. The molecule has 136 valence electrons. The maximum absolute atomic E-state index is 13.0. The molecule has 0 aliphatic heterocycles. The van der Waals surface area contributed by atoms with Gasteiger partial charge in [0.15, 0.2) is 0 Å². The number of rotatable bonds is 4. The van der Waals surface area contributed by atoms with Crippen LogP contribution in [0.2, 0.25) is 0 Å². The normalized spacial score (nSPS) is 32.0. The summed E-state index contributed by atoms with van der Waals surface area (Å²) in [4.78, 5) is 36.6. The Balaban J connectivity index is 2.40. The first-order chi connectivity index (χ1) is 11.3.